The predicted octanol–water partition coefficient (Wildman–Crippen LogP) is 3.15. The van der Waals surface area contributed by atoms with E-state index in [1.165, 1.54) is 6.07 Å². The molecule has 136 valence electrons. The Balaban J connectivity index is 1.59. The van der Waals surface area contributed by atoms with Gasteiger partial charge in [0.05, 0.1) is 5.92 Å². The Labute approximate surface area is 153 Å². The number of anilines is 1. The summed E-state index contributed by atoms with van der Waals surface area (Å²) >= 11 is 0. The molecule has 1 N–H and O–H groups in total. The van der Waals surface area contributed by atoms with Crippen LogP contribution >= 0.6 is 0 Å². The van der Waals surface area contributed by atoms with Crippen LogP contribution in [0, 0.1) is 25.6 Å². The maximum atomic E-state index is 13.6. The number of aryl methyl sites for hydroxylation is 2. The van der Waals surface area contributed by atoms with Crippen LogP contribution in [0.3, 0.4) is 0 Å². The number of halogens is 1. The second-order valence-electron chi connectivity index (χ2n) is 6.83. The lowest BCUT2D eigenvalue weighted by Crippen LogP contribution is -2.34. The van der Waals surface area contributed by atoms with Gasteiger partial charge in [-0.2, -0.15) is 0 Å². The highest BCUT2D eigenvalue weighted by atomic mass is 19.1. The van der Waals surface area contributed by atoms with E-state index in [2.05, 4.69) is 5.32 Å². The van der Waals surface area contributed by atoms with Gasteiger partial charge in [-0.3, -0.25) is 9.59 Å². The van der Waals surface area contributed by atoms with Crippen molar-refractivity contribution in [3.8, 4) is 0 Å². The third-order valence-electron chi connectivity index (χ3n) is 4.80. The molecule has 1 saturated heterocycles. The van der Waals surface area contributed by atoms with Gasteiger partial charge in [0.1, 0.15) is 5.82 Å². The molecule has 3 rings (SSSR count). The molecule has 0 aliphatic carbocycles. The standard InChI is InChI=1S/C21H23FN2O2/c1-14-7-8-15(2)19(11-14)24-13-17(12-20(24)25)21(26)23-10-9-16-5-3-4-6-18(16)22/h3-8,11,17H,9-10,12-13H2,1-2H3,(H,23,26). The lowest BCUT2D eigenvalue weighted by Gasteiger charge is -2.19. The van der Waals surface area contributed by atoms with Crippen molar-refractivity contribution < 1.29 is 14.0 Å². The molecule has 0 aromatic heterocycles. The monoisotopic (exact) mass is 354 g/mol. The van der Waals surface area contributed by atoms with E-state index in [0.29, 0.717) is 25.1 Å². The van der Waals surface area contributed by atoms with Gasteiger partial charge in [0.15, 0.2) is 0 Å². The van der Waals surface area contributed by atoms with Crippen LogP contribution in [0.5, 0.6) is 0 Å². The van der Waals surface area contributed by atoms with E-state index >= 15 is 0 Å². The van der Waals surface area contributed by atoms with Crippen LogP contribution in [0.15, 0.2) is 42.5 Å². The minimum Gasteiger partial charge on any atom is -0.355 e. The molecule has 5 heteroatoms. The largest absolute Gasteiger partial charge is 0.355 e. The fourth-order valence-electron chi connectivity index (χ4n) is 3.29. The molecular formula is C21H23FN2O2. The predicted molar refractivity (Wildman–Crippen MR) is 99.5 cm³/mol. The molecule has 1 fully saturated rings. The zero-order chi connectivity index (χ0) is 18.7. The Morgan fingerprint density at radius 1 is 1.23 bits per heavy atom. The van der Waals surface area contributed by atoms with Gasteiger partial charge in [-0.15, -0.1) is 0 Å². The first-order chi connectivity index (χ1) is 12.5. The summed E-state index contributed by atoms with van der Waals surface area (Å²) in [5.74, 6) is -0.822. The van der Waals surface area contributed by atoms with Gasteiger partial charge in [0.2, 0.25) is 11.8 Å². The fraction of sp³-hybridized carbons (Fsp3) is 0.333. The highest BCUT2D eigenvalue weighted by Gasteiger charge is 2.35. The lowest BCUT2D eigenvalue weighted by molar-refractivity contribution is -0.126. The van der Waals surface area contributed by atoms with Gasteiger partial charge in [-0.1, -0.05) is 30.3 Å². The van der Waals surface area contributed by atoms with Crippen molar-refractivity contribution >= 4 is 17.5 Å². The average Bonchev–Trinajstić information content (AvgIpc) is 3.00. The Morgan fingerprint density at radius 3 is 2.77 bits per heavy atom. The molecule has 26 heavy (non-hydrogen) atoms. The maximum absolute atomic E-state index is 13.6. The van der Waals surface area contributed by atoms with Crippen LogP contribution in [0.25, 0.3) is 0 Å². The van der Waals surface area contributed by atoms with Crippen molar-refractivity contribution in [3.63, 3.8) is 0 Å². The Morgan fingerprint density at radius 2 is 2.00 bits per heavy atom. The first-order valence-electron chi connectivity index (χ1n) is 8.84. The molecule has 1 aliphatic heterocycles. The number of carbonyl (C=O) groups is 2. The number of hydrogen-bond donors (Lipinski definition) is 1. The highest BCUT2D eigenvalue weighted by molar-refractivity contribution is 6.00. The Bertz CT molecular complexity index is 835. The second kappa shape index (κ2) is 7.68. The third-order valence-corrected chi connectivity index (χ3v) is 4.80. The van der Waals surface area contributed by atoms with Crippen LogP contribution in [0.4, 0.5) is 10.1 Å². The molecular weight excluding hydrogens is 331 g/mol. The number of nitrogens with zero attached hydrogens (tertiary/aromatic N) is 1. The van der Waals surface area contributed by atoms with Gasteiger partial charge >= 0.3 is 0 Å². The van der Waals surface area contributed by atoms with Gasteiger partial charge in [-0.25, -0.2) is 4.39 Å². The van der Waals surface area contributed by atoms with Gasteiger partial charge in [0.25, 0.3) is 0 Å². The summed E-state index contributed by atoms with van der Waals surface area (Å²) in [6.45, 7) is 4.68. The summed E-state index contributed by atoms with van der Waals surface area (Å²) in [5.41, 5.74) is 3.55. The Hall–Kier alpha value is -2.69. The zero-order valence-corrected chi connectivity index (χ0v) is 15.1. The molecule has 0 bridgehead atoms. The zero-order valence-electron chi connectivity index (χ0n) is 15.1. The van der Waals surface area contributed by atoms with Crippen molar-refractivity contribution in [2.45, 2.75) is 26.7 Å². The van der Waals surface area contributed by atoms with Crippen molar-refractivity contribution in [3.05, 3.63) is 65.0 Å². The van der Waals surface area contributed by atoms with Crippen molar-refractivity contribution in [1.82, 2.24) is 5.32 Å². The minimum atomic E-state index is -0.372. The topological polar surface area (TPSA) is 49.4 Å². The average molecular weight is 354 g/mol. The van der Waals surface area contributed by atoms with Crippen molar-refractivity contribution in [2.75, 3.05) is 18.0 Å². The smallest absolute Gasteiger partial charge is 0.227 e. The molecule has 0 spiro atoms. The number of rotatable bonds is 5. The Kier molecular flexibility index (Phi) is 5.35. The SMILES string of the molecule is Cc1ccc(C)c(N2CC(C(=O)NCCc3ccccc3F)CC2=O)c1. The van der Waals surface area contributed by atoms with Crippen LogP contribution in [0.2, 0.25) is 0 Å². The lowest BCUT2D eigenvalue weighted by atomic mass is 10.1. The van der Waals surface area contributed by atoms with Crippen LogP contribution in [0.1, 0.15) is 23.1 Å². The first kappa shape index (κ1) is 18.1. The summed E-state index contributed by atoms with van der Waals surface area (Å²) in [4.78, 5) is 26.5. The molecule has 0 saturated carbocycles. The van der Waals surface area contributed by atoms with Crippen LogP contribution in [-0.2, 0) is 16.0 Å². The molecule has 1 unspecified atom stereocenters. The highest BCUT2D eigenvalue weighted by Crippen LogP contribution is 2.28. The van der Waals surface area contributed by atoms with E-state index in [1.54, 1.807) is 23.1 Å². The van der Waals surface area contributed by atoms with Crippen LogP contribution < -0.4 is 10.2 Å². The summed E-state index contributed by atoms with van der Waals surface area (Å²) < 4.78 is 13.6. The van der Waals surface area contributed by atoms with E-state index in [9.17, 15) is 14.0 Å². The van der Waals surface area contributed by atoms with E-state index in [1.807, 2.05) is 32.0 Å². The van der Waals surface area contributed by atoms with E-state index in [0.717, 1.165) is 16.8 Å². The molecule has 4 nitrogen and oxygen atoms in total. The summed E-state index contributed by atoms with van der Waals surface area (Å²) in [5, 5.41) is 2.83. The molecule has 1 atom stereocenters. The molecule has 2 aromatic carbocycles. The number of carbonyl (C=O) groups excluding carboxylic acids is 2. The summed E-state index contributed by atoms with van der Waals surface area (Å²) in [6.07, 6.45) is 0.638. The minimum absolute atomic E-state index is 0.0343. The van der Waals surface area contributed by atoms with Crippen molar-refractivity contribution in [2.24, 2.45) is 5.92 Å². The van der Waals surface area contributed by atoms with E-state index in [-0.39, 0.29) is 30.0 Å². The van der Waals surface area contributed by atoms with Gasteiger partial charge < -0.3 is 10.2 Å². The summed E-state index contributed by atoms with van der Waals surface area (Å²) in [6, 6.07) is 12.5. The second-order valence-corrected chi connectivity index (χ2v) is 6.83. The molecule has 1 aliphatic rings. The first-order valence-corrected chi connectivity index (χ1v) is 8.84. The van der Waals surface area contributed by atoms with Gasteiger partial charge in [-0.05, 0) is 49.1 Å². The number of nitrogens with one attached hydrogen (secondary N) is 1. The molecule has 1 heterocycles. The number of hydrogen-bond acceptors (Lipinski definition) is 2. The third kappa shape index (κ3) is 3.93. The van der Waals surface area contributed by atoms with Crippen LogP contribution in [-0.4, -0.2) is 24.9 Å². The van der Waals surface area contributed by atoms with E-state index < -0.39 is 0 Å². The fourth-order valence-corrected chi connectivity index (χ4v) is 3.29. The maximum Gasteiger partial charge on any atom is 0.227 e. The van der Waals surface area contributed by atoms with Crippen molar-refractivity contribution in [1.29, 1.82) is 0 Å². The van der Waals surface area contributed by atoms with Gasteiger partial charge in [0, 0.05) is 25.2 Å². The number of amides is 2. The normalized spacial score (nSPS) is 16.8. The summed E-state index contributed by atoms with van der Waals surface area (Å²) in [7, 11) is 0. The quantitative estimate of drug-likeness (QED) is 0.897. The number of benzene rings is 2. The molecule has 0 radical (unpaired) electrons. The molecule has 2 aromatic rings. The molecule has 2 amide bonds. The van der Waals surface area contributed by atoms with E-state index in [4.69, 9.17) is 0 Å².